The molecule has 0 saturated carbocycles. The minimum absolute atomic E-state index is 0.0330. The molecule has 3 aromatic carbocycles. The lowest BCUT2D eigenvalue weighted by atomic mass is 10.1. The summed E-state index contributed by atoms with van der Waals surface area (Å²) < 4.78 is 27.3. The topological polar surface area (TPSA) is 95.8 Å². The molecule has 35 heavy (non-hydrogen) atoms. The van der Waals surface area contributed by atoms with Crippen molar-refractivity contribution in [2.24, 2.45) is 0 Å². The summed E-state index contributed by atoms with van der Waals surface area (Å²) in [5.41, 5.74) is 2.58. The molecule has 1 N–H and O–H groups in total. The first-order valence-electron chi connectivity index (χ1n) is 11.7. The third-order valence-electron chi connectivity index (χ3n) is 6.27. The van der Waals surface area contributed by atoms with E-state index in [9.17, 15) is 18.5 Å². The maximum Gasteiger partial charge on any atom is 0.292 e. The predicted octanol–water partition coefficient (Wildman–Crippen LogP) is 4.54. The molecule has 9 heteroatoms. The van der Waals surface area contributed by atoms with Crippen LogP contribution in [0.2, 0.25) is 0 Å². The largest absolute Gasteiger partial charge is 0.377 e. The number of benzene rings is 3. The lowest BCUT2D eigenvalue weighted by Crippen LogP contribution is -2.48. The zero-order valence-corrected chi connectivity index (χ0v) is 20.5. The Hall–Kier alpha value is -3.43. The number of nitro groups is 1. The van der Waals surface area contributed by atoms with Crippen LogP contribution in [0, 0.1) is 10.1 Å². The van der Waals surface area contributed by atoms with Gasteiger partial charge in [0.05, 0.1) is 9.82 Å². The minimum Gasteiger partial charge on any atom is -0.377 e. The molecule has 0 aromatic heterocycles. The molecule has 1 aliphatic heterocycles. The number of nitro benzene ring substituents is 1. The van der Waals surface area contributed by atoms with Crippen molar-refractivity contribution in [1.29, 1.82) is 0 Å². The average Bonchev–Trinajstić information content (AvgIpc) is 2.88. The van der Waals surface area contributed by atoms with E-state index >= 15 is 0 Å². The first kappa shape index (κ1) is 24.7. The normalized spacial score (nSPS) is 15.5. The van der Waals surface area contributed by atoms with Crippen LogP contribution in [-0.4, -0.2) is 49.9 Å². The standard InChI is InChI=1S/C26H30N4O4S/c1-21(12-13-22-8-4-2-5-9-22)27-25-20-23(14-15-26(25)30(31)32)28-16-18-29(19-17-28)35(33,34)24-10-6-3-7-11-24/h2-11,14-15,20-21,27H,12-13,16-19H2,1H3/t21-/m0/s1. The highest BCUT2D eigenvalue weighted by molar-refractivity contribution is 7.89. The van der Waals surface area contributed by atoms with Crippen LogP contribution in [0.3, 0.4) is 0 Å². The van der Waals surface area contributed by atoms with Crippen LogP contribution in [0.25, 0.3) is 0 Å². The molecule has 1 saturated heterocycles. The Kier molecular flexibility index (Phi) is 7.67. The molecular weight excluding hydrogens is 464 g/mol. The third kappa shape index (κ3) is 5.98. The number of nitrogens with one attached hydrogen (secondary N) is 1. The number of hydrogen-bond donors (Lipinski definition) is 1. The lowest BCUT2D eigenvalue weighted by Gasteiger charge is -2.35. The second-order valence-electron chi connectivity index (χ2n) is 8.73. The Morgan fingerprint density at radius 3 is 2.20 bits per heavy atom. The van der Waals surface area contributed by atoms with Gasteiger partial charge in [0.1, 0.15) is 5.69 Å². The van der Waals surface area contributed by atoms with E-state index in [1.54, 1.807) is 42.5 Å². The van der Waals surface area contributed by atoms with E-state index in [0.29, 0.717) is 36.8 Å². The third-order valence-corrected chi connectivity index (χ3v) is 8.19. The molecule has 1 heterocycles. The smallest absolute Gasteiger partial charge is 0.292 e. The van der Waals surface area contributed by atoms with Crippen molar-refractivity contribution in [3.63, 3.8) is 0 Å². The van der Waals surface area contributed by atoms with Crippen molar-refractivity contribution in [2.45, 2.75) is 30.7 Å². The van der Waals surface area contributed by atoms with Crippen LogP contribution >= 0.6 is 0 Å². The SMILES string of the molecule is C[C@@H](CCc1ccccc1)Nc1cc(N2CCN(S(=O)(=O)c3ccccc3)CC2)ccc1[N+](=O)[O-]. The summed E-state index contributed by atoms with van der Waals surface area (Å²) in [7, 11) is -3.53. The zero-order chi connectivity index (χ0) is 24.8. The number of hydrogen-bond acceptors (Lipinski definition) is 6. The van der Waals surface area contributed by atoms with Crippen molar-refractivity contribution in [2.75, 3.05) is 36.4 Å². The summed E-state index contributed by atoms with van der Waals surface area (Å²) in [6, 6.07) is 23.7. The molecule has 1 fully saturated rings. The van der Waals surface area contributed by atoms with E-state index in [1.807, 2.05) is 25.1 Å². The monoisotopic (exact) mass is 494 g/mol. The van der Waals surface area contributed by atoms with Gasteiger partial charge in [-0.2, -0.15) is 4.31 Å². The van der Waals surface area contributed by atoms with Gasteiger partial charge in [-0.3, -0.25) is 10.1 Å². The average molecular weight is 495 g/mol. The minimum atomic E-state index is -3.53. The number of piperazine rings is 1. The zero-order valence-electron chi connectivity index (χ0n) is 19.7. The van der Waals surface area contributed by atoms with E-state index in [0.717, 1.165) is 18.5 Å². The van der Waals surface area contributed by atoms with E-state index in [-0.39, 0.29) is 16.7 Å². The highest BCUT2D eigenvalue weighted by Crippen LogP contribution is 2.31. The number of aryl methyl sites for hydroxylation is 1. The summed E-state index contributed by atoms with van der Waals surface area (Å²) in [5, 5.41) is 15.0. The summed E-state index contributed by atoms with van der Waals surface area (Å²) in [5.74, 6) is 0. The molecule has 1 aliphatic rings. The van der Waals surface area contributed by atoms with Gasteiger partial charge in [0.25, 0.3) is 5.69 Å². The molecular formula is C26H30N4O4S. The molecule has 0 spiro atoms. The predicted molar refractivity (Wildman–Crippen MR) is 138 cm³/mol. The van der Waals surface area contributed by atoms with E-state index in [4.69, 9.17) is 0 Å². The first-order valence-corrected chi connectivity index (χ1v) is 13.2. The second-order valence-corrected chi connectivity index (χ2v) is 10.7. The van der Waals surface area contributed by atoms with Crippen molar-refractivity contribution in [1.82, 2.24) is 4.31 Å². The van der Waals surface area contributed by atoms with Crippen molar-refractivity contribution < 1.29 is 13.3 Å². The highest BCUT2D eigenvalue weighted by Gasteiger charge is 2.29. The van der Waals surface area contributed by atoms with Crippen LogP contribution in [-0.2, 0) is 16.4 Å². The Labute approximate surface area is 206 Å². The second kappa shape index (κ2) is 10.9. The number of sulfonamides is 1. The molecule has 0 bridgehead atoms. The van der Waals surface area contributed by atoms with Crippen LogP contribution in [0.15, 0.2) is 83.8 Å². The lowest BCUT2D eigenvalue weighted by molar-refractivity contribution is -0.384. The number of nitrogens with zero attached hydrogens (tertiary/aromatic N) is 3. The highest BCUT2D eigenvalue weighted by atomic mass is 32.2. The molecule has 0 aliphatic carbocycles. The summed E-state index contributed by atoms with van der Waals surface area (Å²) in [6.45, 7) is 3.74. The fraction of sp³-hybridized carbons (Fsp3) is 0.308. The van der Waals surface area contributed by atoms with Gasteiger partial charge in [-0.05, 0) is 49.6 Å². The molecule has 1 atom stereocenters. The van der Waals surface area contributed by atoms with Gasteiger partial charge < -0.3 is 10.2 Å². The fourth-order valence-electron chi connectivity index (χ4n) is 4.29. The van der Waals surface area contributed by atoms with Gasteiger partial charge in [-0.1, -0.05) is 48.5 Å². The van der Waals surface area contributed by atoms with Gasteiger partial charge in [0.15, 0.2) is 0 Å². The van der Waals surface area contributed by atoms with Gasteiger partial charge in [-0.15, -0.1) is 0 Å². The molecule has 0 radical (unpaired) electrons. The Morgan fingerprint density at radius 2 is 1.57 bits per heavy atom. The maximum atomic E-state index is 12.9. The molecule has 0 unspecified atom stereocenters. The van der Waals surface area contributed by atoms with E-state index in [1.165, 1.54) is 15.9 Å². The Balaban J connectivity index is 1.43. The maximum absolute atomic E-state index is 12.9. The quantitative estimate of drug-likeness (QED) is 0.347. The molecule has 3 aromatic rings. The van der Waals surface area contributed by atoms with Gasteiger partial charge in [-0.25, -0.2) is 8.42 Å². The fourth-order valence-corrected chi connectivity index (χ4v) is 5.73. The summed E-state index contributed by atoms with van der Waals surface area (Å²) in [4.78, 5) is 13.6. The van der Waals surface area contributed by atoms with Crippen LogP contribution in [0.4, 0.5) is 17.1 Å². The van der Waals surface area contributed by atoms with Crippen LogP contribution < -0.4 is 10.2 Å². The number of anilines is 2. The van der Waals surface area contributed by atoms with E-state index in [2.05, 4.69) is 22.3 Å². The number of rotatable bonds is 9. The summed E-state index contributed by atoms with van der Waals surface area (Å²) >= 11 is 0. The van der Waals surface area contributed by atoms with Gasteiger partial charge >= 0.3 is 0 Å². The van der Waals surface area contributed by atoms with Crippen molar-refractivity contribution >= 4 is 27.1 Å². The molecule has 0 amide bonds. The van der Waals surface area contributed by atoms with Crippen LogP contribution in [0.5, 0.6) is 0 Å². The summed E-state index contributed by atoms with van der Waals surface area (Å²) in [6.07, 6.45) is 1.71. The van der Waals surface area contributed by atoms with Gasteiger partial charge in [0.2, 0.25) is 10.0 Å². The Bertz CT molecular complexity index is 1240. The van der Waals surface area contributed by atoms with E-state index < -0.39 is 10.0 Å². The Morgan fingerprint density at radius 1 is 0.943 bits per heavy atom. The molecule has 184 valence electrons. The molecule has 8 nitrogen and oxygen atoms in total. The van der Waals surface area contributed by atoms with Crippen molar-refractivity contribution in [3.8, 4) is 0 Å². The van der Waals surface area contributed by atoms with Gasteiger partial charge in [0, 0.05) is 44.0 Å². The first-order chi connectivity index (χ1) is 16.8. The van der Waals surface area contributed by atoms with Crippen LogP contribution in [0.1, 0.15) is 18.9 Å². The molecule has 4 rings (SSSR count). The van der Waals surface area contributed by atoms with Crippen molar-refractivity contribution in [3.05, 3.63) is 94.5 Å².